The summed E-state index contributed by atoms with van der Waals surface area (Å²) in [7, 11) is 1.82. The van der Waals surface area contributed by atoms with Crippen LogP contribution in [0.3, 0.4) is 0 Å². The fourth-order valence-corrected chi connectivity index (χ4v) is 1.78. The number of aliphatic carboxylic acids is 1. The number of hydrogen-bond donors (Lipinski definition) is 2. The highest BCUT2D eigenvalue weighted by Gasteiger charge is 2.31. The van der Waals surface area contributed by atoms with Crippen molar-refractivity contribution >= 4 is 5.97 Å². The Bertz CT molecular complexity index is 166. The third kappa shape index (κ3) is 3.35. The molecule has 0 aliphatic carbocycles. The average Bonchev–Trinajstić information content (AvgIpc) is 1.97. The van der Waals surface area contributed by atoms with E-state index in [1.165, 1.54) is 0 Å². The molecular weight excluding hydrogens is 166 g/mol. The van der Waals surface area contributed by atoms with Gasteiger partial charge in [0, 0.05) is 6.04 Å². The Morgan fingerprint density at radius 1 is 1.15 bits per heavy atom. The van der Waals surface area contributed by atoms with E-state index in [0.717, 1.165) is 0 Å². The van der Waals surface area contributed by atoms with Gasteiger partial charge in [-0.15, -0.1) is 0 Å². The van der Waals surface area contributed by atoms with E-state index in [9.17, 15) is 4.79 Å². The first kappa shape index (κ1) is 12.4. The van der Waals surface area contributed by atoms with Gasteiger partial charge in [-0.25, -0.2) is 0 Å². The summed E-state index contributed by atoms with van der Waals surface area (Å²) in [5, 5.41) is 12.1. The van der Waals surface area contributed by atoms with Gasteiger partial charge in [0.15, 0.2) is 0 Å². The SMILES string of the molecule is CNC(C(C)C)C(C(=O)O)C(C)C. The van der Waals surface area contributed by atoms with E-state index in [1.54, 1.807) is 0 Å². The van der Waals surface area contributed by atoms with E-state index in [2.05, 4.69) is 5.32 Å². The first-order valence-corrected chi connectivity index (χ1v) is 4.81. The van der Waals surface area contributed by atoms with Crippen molar-refractivity contribution in [3.63, 3.8) is 0 Å². The molecular formula is C10H21NO2. The molecule has 0 bridgehead atoms. The summed E-state index contributed by atoms with van der Waals surface area (Å²) in [6.45, 7) is 7.98. The molecule has 0 aliphatic heterocycles. The number of rotatable bonds is 5. The largest absolute Gasteiger partial charge is 0.481 e. The van der Waals surface area contributed by atoms with E-state index in [0.29, 0.717) is 5.92 Å². The van der Waals surface area contributed by atoms with Crippen LogP contribution < -0.4 is 5.32 Å². The van der Waals surface area contributed by atoms with Crippen LogP contribution in [0, 0.1) is 17.8 Å². The maximum Gasteiger partial charge on any atom is 0.308 e. The molecule has 2 atom stereocenters. The van der Waals surface area contributed by atoms with Crippen LogP contribution in [0.5, 0.6) is 0 Å². The number of hydrogen-bond acceptors (Lipinski definition) is 2. The van der Waals surface area contributed by atoms with Crippen molar-refractivity contribution < 1.29 is 9.90 Å². The lowest BCUT2D eigenvalue weighted by molar-refractivity contribution is -0.145. The molecule has 0 heterocycles. The Kier molecular flexibility index (Phi) is 4.99. The zero-order chi connectivity index (χ0) is 10.6. The van der Waals surface area contributed by atoms with Crippen LogP contribution >= 0.6 is 0 Å². The average molecular weight is 187 g/mol. The molecule has 13 heavy (non-hydrogen) atoms. The molecule has 78 valence electrons. The molecule has 0 spiro atoms. The van der Waals surface area contributed by atoms with E-state index in [1.807, 2.05) is 34.7 Å². The number of carbonyl (C=O) groups is 1. The van der Waals surface area contributed by atoms with Gasteiger partial charge in [-0.1, -0.05) is 27.7 Å². The summed E-state index contributed by atoms with van der Waals surface area (Å²) in [5.74, 6) is -0.501. The van der Waals surface area contributed by atoms with Crippen molar-refractivity contribution in [3.05, 3.63) is 0 Å². The third-order valence-corrected chi connectivity index (χ3v) is 2.44. The summed E-state index contributed by atoms with van der Waals surface area (Å²) >= 11 is 0. The monoisotopic (exact) mass is 187 g/mol. The Labute approximate surface area is 80.5 Å². The number of carboxylic acid groups (broad SMARTS) is 1. The molecule has 0 saturated carbocycles. The van der Waals surface area contributed by atoms with Gasteiger partial charge in [0.25, 0.3) is 0 Å². The summed E-state index contributed by atoms with van der Waals surface area (Å²) in [6, 6.07) is 0.0532. The van der Waals surface area contributed by atoms with Crippen molar-refractivity contribution in [2.24, 2.45) is 17.8 Å². The van der Waals surface area contributed by atoms with Crippen molar-refractivity contribution in [3.8, 4) is 0 Å². The van der Waals surface area contributed by atoms with Crippen LogP contribution in [0.15, 0.2) is 0 Å². The van der Waals surface area contributed by atoms with Gasteiger partial charge < -0.3 is 10.4 Å². The standard InChI is InChI=1S/C10H21NO2/c1-6(2)8(10(12)13)9(11-5)7(3)4/h6-9,11H,1-5H3,(H,12,13). The lowest BCUT2D eigenvalue weighted by Crippen LogP contribution is -2.44. The molecule has 0 aromatic carbocycles. The minimum absolute atomic E-state index is 0.0532. The van der Waals surface area contributed by atoms with Crippen LogP contribution in [-0.2, 0) is 4.79 Å². The second-order valence-electron chi connectivity index (χ2n) is 4.17. The molecule has 0 aromatic heterocycles. The van der Waals surface area contributed by atoms with Gasteiger partial charge in [-0.3, -0.25) is 4.79 Å². The molecule has 0 fully saturated rings. The maximum atomic E-state index is 11.0. The number of carboxylic acids is 1. The van der Waals surface area contributed by atoms with Crippen LogP contribution in [0.4, 0.5) is 0 Å². The highest BCUT2D eigenvalue weighted by Crippen LogP contribution is 2.20. The first-order valence-electron chi connectivity index (χ1n) is 4.81. The summed E-state index contributed by atoms with van der Waals surface area (Å²) in [4.78, 5) is 11.0. The fraction of sp³-hybridized carbons (Fsp3) is 0.900. The highest BCUT2D eigenvalue weighted by atomic mass is 16.4. The zero-order valence-corrected chi connectivity index (χ0v) is 9.16. The molecule has 2 unspecified atom stereocenters. The Hall–Kier alpha value is -0.570. The van der Waals surface area contributed by atoms with Gasteiger partial charge in [-0.2, -0.15) is 0 Å². The minimum atomic E-state index is -0.706. The normalized spacial score (nSPS) is 16.2. The fourth-order valence-electron chi connectivity index (χ4n) is 1.78. The third-order valence-electron chi connectivity index (χ3n) is 2.44. The highest BCUT2D eigenvalue weighted by molar-refractivity contribution is 5.71. The lowest BCUT2D eigenvalue weighted by atomic mass is 9.83. The lowest BCUT2D eigenvalue weighted by Gasteiger charge is -2.29. The quantitative estimate of drug-likeness (QED) is 0.687. The molecule has 3 heteroatoms. The molecule has 0 amide bonds. The van der Waals surface area contributed by atoms with Crippen LogP contribution in [0.2, 0.25) is 0 Å². The van der Waals surface area contributed by atoms with E-state index >= 15 is 0 Å². The smallest absolute Gasteiger partial charge is 0.308 e. The first-order chi connectivity index (χ1) is 5.91. The molecule has 0 radical (unpaired) electrons. The van der Waals surface area contributed by atoms with E-state index < -0.39 is 5.97 Å². The van der Waals surface area contributed by atoms with E-state index in [-0.39, 0.29) is 17.9 Å². The topological polar surface area (TPSA) is 49.3 Å². The maximum absolute atomic E-state index is 11.0. The molecule has 0 aliphatic rings. The molecule has 0 saturated heterocycles. The summed E-state index contributed by atoms with van der Waals surface area (Å²) in [5.41, 5.74) is 0. The Morgan fingerprint density at radius 2 is 1.62 bits per heavy atom. The predicted octanol–water partition coefficient (Wildman–Crippen LogP) is 1.59. The summed E-state index contributed by atoms with van der Waals surface area (Å²) in [6.07, 6.45) is 0. The van der Waals surface area contributed by atoms with Gasteiger partial charge in [0.1, 0.15) is 0 Å². The number of nitrogens with one attached hydrogen (secondary N) is 1. The zero-order valence-electron chi connectivity index (χ0n) is 9.16. The van der Waals surface area contributed by atoms with Crippen molar-refractivity contribution in [1.29, 1.82) is 0 Å². The predicted molar refractivity (Wildman–Crippen MR) is 53.6 cm³/mol. The van der Waals surface area contributed by atoms with Crippen molar-refractivity contribution in [2.75, 3.05) is 7.05 Å². The van der Waals surface area contributed by atoms with Gasteiger partial charge in [-0.05, 0) is 18.9 Å². The molecule has 3 nitrogen and oxygen atoms in total. The van der Waals surface area contributed by atoms with Gasteiger partial charge in [0.05, 0.1) is 5.92 Å². The van der Waals surface area contributed by atoms with Crippen molar-refractivity contribution in [1.82, 2.24) is 5.32 Å². The summed E-state index contributed by atoms with van der Waals surface area (Å²) < 4.78 is 0. The van der Waals surface area contributed by atoms with Crippen LogP contribution in [0.1, 0.15) is 27.7 Å². The van der Waals surface area contributed by atoms with Crippen LogP contribution in [0.25, 0.3) is 0 Å². The molecule has 2 N–H and O–H groups in total. The van der Waals surface area contributed by atoms with Crippen LogP contribution in [-0.4, -0.2) is 24.2 Å². The van der Waals surface area contributed by atoms with E-state index in [4.69, 9.17) is 5.11 Å². The second kappa shape index (κ2) is 5.22. The van der Waals surface area contributed by atoms with Gasteiger partial charge in [0.2, 0.25) is 0 Å². The molecule has 0 aromatic rings. The second-order valence-corrected chi connectivity index (χ2v) is 4.17. The van der Waals surface area contributed by atoms with Crippen molar-refractivity contribution in [2.45, 2.75) is 33.7 Å². The van der Waals surface area contributed by atoms with Gasteiger partial charge >= 0.3 is 5.97 Å². The minimum Gasteiger partial charge on any atom is -0.481 e. The molecule has 0 rings (SSSR count). The Balaban J connectivity index is 4.59. The Morgan fingerprint density at radius 3 is 1.69 bits per heavy atom.